The zero-order chi connectivity index (χ0) is 17.2. The summed E-state index contributed by atoms with van der Waals surface area (Å²) in [5, 5.41) is 2.98. The van der Waals surface area contributed by atoms with Gasteiger partial charge in [0.1, 0.15) is 17.5 Å². The zero-order valence-corrected chi connectivity index (χ0v) is 13.8. The molecule has 0 atom stereocenters. The van der Waals surface area contributed by atoms with Crippen LogP contribution in [0.5, 0.6) is 0 Å². The van der Waals surface area contributed by atoms with Crippen molar-refractivity contribution in [2.45, 2.75) is 6.54 Å². The van der Waals surface area contributed by atoms with E-state index >= 15 is 0 Å². The minimum Gasteiger partial charge on any atom is -0.347 e. The summed E-state index contributed by atoms with van der Waals surface area (Å²) >= 11 is 0. The molecule has 4 rings (SSSR count). The Morgan fingerprint density at radius 3 is 2.76 bits per heavy atom. The number of nitrogens with one attached hydrogen (secondary N) is 1. The molecule has 3 aromatic heterocycles. The molecule has 0 radical (unpaired) electrons. The monoisotopic (exact) mass is 331 g/mol. The highest BCUT2D eigenvalue weighted by Gasteiger charge is 2.18. The van der Waals surface area contributed by atoms with Gasteiger partial charge in [0.05, 0.1) is 5.69 Å². The third-order valence-corrected chi connectivity index (χ3v) is 4.13. The smallest absolute Gasteiger partial charge is 0.270 e. The van der Waals surface area contributed by atoms with Crippen LogP contribution >= 0.6 is 0 Å². The summed E-state index contributed by atoms with van der Waals surface area (Å²) in [5.41, 5.74) is 3.91. The van der Waals surface area contributed by atoms with Crippen LogP contribution in [-0.2, 0) is 13.6 Å². The minimum atomic E-state index is -0.135. The van der Waals surface area contributed by atoms with Crippen LogP contribution in [0, 0.1) is 0 Å². The first-order chi connectivity index (χ1) is 12.2. The fraction of sp³-hybridized carbons (Fsp3) is 0.105. The summed E-state index contributed by atoms with van der Waals surface area (Å²) < 4.78 is 3.65. The van der Waals surface area contributed by atoms with Gasteiger partial charge in [-0.05, 0) is 23.8 Å². The average Bonchev–Trinajstić information content (AvgIpc) is 3.24. The number of amides is 1. The number of benzene rings is 1. The lowest BCUT2D eigenvalue weighted by Gasteiger charge is -2.10. The number of hydrogen-bond acceptors (Lipinski definition) is 3. The lowest BCUT2D eigenvalue weighted by atomic mass is 10.2. The summed E-state index contributed by atoms with van der Waals surface area (Å²) in [6.07, 6.45) is 5.28. The highest BCUT2D eigenvalue weighted by Crippen LogP contribution is 2.20. The fourth-order valence-corrected chi connectivity index (χ4v) is 2.88. The first kappa shape index (κ1) is 15.1. The van der Waals surface area contributed by atoms with E-state index in [1.54, 1.807) is 12.5 Å². The van der Waals surface area contributed by atoms with Gasteiger partial charge in [-0.15, -0.1) is 0 Å². The van der Waals surface area contributed by atoms with Gasteiger partial charge in [0.25, 0.3) is 5.91 Å². The molecule has 1 aromatic carbocycles. The van der Waals surface area contributed by atoms with Crippen molar-refractivity contribution in [1.29, 1.82) is 0 Å². The van der Waals surface area contributed by atoms with Gasteiger partial charge in [-0.3, -0.25) is 9.36 Å². The highest BCUT2D eigenvalue weighted by molar-refractivity contribution is 5.97. The molecular weight excluding hydrogens is 314 g/mol. The van der Waals surface area contributed by atoms with Crippen LogP contribution in [0.4, 0.5) is 0 Å². The number of pyridine rings is 1. The first-order valence-corrected chi connectivity index (χ1v) is 8.00. The Hall–Kier alpha value is -3.41. The quantitative estimate of drug-likeness (QED) is 0.625. The molecule has 124 valence electrons. The van der Waals surface area contributed by atoms with Crippen LogP contribution in [-0.4, -0.2) is 25.0 Å². The van der Waals surface area contributed by atoms with E-state index in [-0.39, 0.29) is 5.91 Å². The van der Waals surface area contributed by atoms with Gasteiger partial charge < -0.3 is 9.88 Å². The molecule has 6 heteroatoms. The van der Waals surface area contributed by atoms with E-state index in [9.17, 15) is 4.79 Å². The predicted molar refractivity (Wildman–Crippen MR) is 95.4 cm³/mol. The number of imidazole rings is 1. The Labute approximate surface area is 144 Å². The number of carbonyl (C=O) groups is 1. The van der Waals surface area contributed by atoms with Crippen LogP contribution in [0.25, 0.3) is 16.9 Å². The Kier molecular flexibility index (Phi) is 3.78. The Morgan fingerprint density at radius 1 is 1.08 bits per heavy atom. The molecule has 4 aromatic rings. The molecule has 1 amide bonds. The Balaban J connectivity index is 1.67. The van der Waals surface area contributed by atoms with E-state index in [1.165, 1.54) is 0 Å². The molecule has 0 bridgehead atoms. The number of carbonyl (C=O) groups excluding carboxylic acids is 1. The Morgan fingerprint density at radius 2 is 1.92 bits per heavy atom. The van der Waals surface area contributed by atoms with Crippen LogP contribution in [0.1, 0.15) is 16.1 Å². The lowest BCUT2D eigenvalue weighted by molar-refractivity contribution is 0.0943. The fourth-order valence-electron chi connectivity index (χ4n) is 2.88. The second-order valence-corrected chi connectivity index (χ2v) is 5.79. The van der Waals surface area contributed by atoms with Crippen molar-refractivity contribution in [3.63, 3.8) is 0 Å². The molecule has 0 unspecified atom stereocenters. The van der Waals surface area contributed by atoms with Gasteiger partial charge in [-0.1, -0.05) is 30.3 Å². The SMILES string of the molecule is Cn1ccc(-n2cnc3cccnc32)c1C(=O)NCc1ccccc1. The molecule has 25 heavy (non-hydrogen) atoms. The molecule has 0 spiro atoms. The maximum absolute atomic E-state index is 12.8. The lowest BCUT2D eigenvalue weighted by Crippen LogP contribution is -2.26. The first-order valence-electron chi connectivity index (χ1n) is 8.00. The van der Waals surface area contributed by atoms with Crippen molar-refractivity contribution < 1.29 is 4.79 Å². The summed E-state index contributed by atoms with van der Waals surface area (Å²) in [4.78, 5) is 21.5. The number of fused-ring (bicyclic) bond motifs is 1. The number of aryl methyl sites for hydroxylation is 1. The molecule has 0 aliphatic rings. The third kappa shape index (κ3) is 2.78. The van der Waals surface area contributed by atoms with Crippen LogP contribution in [0.3, 0.4) is 0 Å². The standard InChI is InChI=1S/C19H17N5O/c1-23-11-9-16(24-13-22-15-8-5-10-20-18(15)24)17(23)19(25)21-12-14-6-3-2-4-7-14/h2-11,13H,12H2,1H3,(H,21,25). The molecule has 0 fully saturated rings. The second kappa shape index (κ2) is 6.24. The number of aromatic nitrogens is 4. The van der Waals surface area contributed by atoms with Crippen LogP contribution in [0.2, 0.25) is 0 Å². The number of rotatable bonds is 4. The van der Waals surface area contributed by atoms with Crippen molar-refractivity contribution in [3.8, 4) is 5.69 Å². The molecule has 0 saturated heterocycles. The van der Waals surface area contributed by atoms with Gasteiger partial charge in [0.15, 0.2) is 5.65 Å². The minimum absolute atomic E-state index is 0.135. The van der Waals surface area contributed by atoms with Crippen LogP contribution < -0.4 is 5.32 Å². The molecular formula is C19H17N5O. The maximum atomic E-state index is 12.8. The van der Waals surface area contributed by atoms with Gasteiger partial charge in [-0.2, -0.15) is 0 Å². The topological polar surface area (TPSA) is 64.7 Å². The molecule has 0 aliphatic carbocycles. The van der Waals surface area contributed by atoms with E-state index in [4.69, 9.17) is 0 Å². The van der Waals surface area contributed by atoms with Gasteiger partial charge >= 0.3 is 0 Å². The molecule has 0 saturated carbocycles. The normalized spacial score (nSPS) is 10.9. The van der Waals surface area contributed by atoms with Crippen molar-refractivity contribution in [1.82, 2.24) is 24.4 Å². The van der Waals surface area contributed by atoms with Gasteiger partial charge in [-0.25, -0.2) is 9.97 Å². The van der Waals surface area contributed by atoms with Crippen molar-refractivity contribution in [3.05, 3.63) is 78.5 Å². The maximum Gasteiger partial charge on any atom is 0.270 e. The number of nitrogens with zero attached hydrogens (tertiary/aromatic N) is 4. The molecule has 0 aliphatic heterocycles. The van der Waals surface area contributed by atoms with Crippen molar-refractivity contribution in [2.24, 2.45) is 7.05 Å². The molecule has 3 heterocycles. The predicted octanol–water partition coefficient (Wildman–Crippen LogP) is 2.69. The highest BCUT2D eigenvalue weighted by atomic mass is 16.2. The largest absolute Gasteiger partial charge is 0.347 e. The second-order valence-electron chi connectivity index (χ2n) is 5.79. The summed E-state index contributed by atoms with van der Waals surface area (Å²) in [7, 11) is 1.85. The van der Waals surface area contributed by atoms with Gasteiger partial charge in [0, 0.05) is 26.0 Å². The van der Waals surface area contributed by atoms with E-state index in [2.05, 4.69) is 15.3 Å². The summed E-state index contributed by atoms with van der Waals surface area (Å²) in [5.74, 6) is -0.135. The van der Waals surface area contributed by atoms with Crippen molar-refractivity contribution in [2.75, 3.05) is 0 Å². The van der Waals surface area contributed by atoms with E-state index in [0.29, 0.717) is 12.2 Å². The average molecular weight is 331 g/mol. The van der Waals surface area contributed by atoms with Gasteiger partial charge in [0.2, 0.25) is 0 Å². The zero-order valence-electron chi connectivity index (χ0n) is 13.8. The number of hydrogen-bond donors (Lipinski definition) is 1. The third-order valence-electron chi connectivity index (χ3n) is 4.13. The van der Waals surface area contributed by atoms with E-state index < -0.39 is 0 Å². The summed E-state index contributed by atoms with van der Waals surface area (Å²) in [6.45, 7) is 0.479. The molecule has 6 nitrogen and oxygen atoms in total. The van der Waals surface area contributed by atoms with E-state index in [0.717, 1.165) is 22.4 Å². The molecule has 1 N–H and O–H groups in total. The van der Waals surface area contributed by atoms with Crippen LogP contribution in [0.15, 0.2) is 67.3 Å². The summed E-state index contributed by atoms with van der Waals surface area (Å²) in [6, 6.07) is 15.5. The van der Waals surface area contributed by atoms with E-state index in [1.807, 2.05) is 70.9 Å². The van der Waals surface area contributed by atoms with Crippen molar-refractivity contribution >= 4 is 17.1 Å². The Bertz CT molecular complexity index is 1030.